The van der Waals surface area contributed by atoms with E-state index in [1.165, 1.54) is 31.6 Å². The third-order valence-corrected chi connectivity index (χ3v) is 13.1. The second-order valence-electron chi connectivity index (χ2n) is 13.9. The first-order chi connectivity index (χ1) is 15.3. The van der Waals surface area contributed by atoms with Crippen molar-refractivity contribution in [2.75, 3.05) is 0 Å². The van der Waals surface area contributed by atoms with Crippen molar-refractivity contribution in [3.05, 3.63) is 0 Å². The minimum atomic E-state index is 0.520. The Hall–Kier alpha value is -0.0400. The number of hydrogen-bond acceptors (Lipinski definition) is 1. The topological polar surface area (TPSA) is 26.0 Å². The normalized spacial score (nSPS) is 58.5. The molecular formula is C30H49N. The van der Waals surface area contributed by atoms with Crippen molar-refractivity contribution in [1.82, 2.24) is 0 Å². The summed E-state index contributed by atoms with van der Waals surface area (Å²) in [5, 5.41) is 0. The van der Waals surface area contributed by atoms with Gasteiger partial charge in [0.25, 0.3) is 0 Å². The first kappa shape index (κ1) is 20.3. The van der Waals surface area contributed by atoms with Gasteiger partial charge in [-0.2, -0.15) is 0 Å². The summed E-state index contributed by atoms with van der Waals surface area (Å²) in [7, 11) is 0. The van der Waals surface area contributed by atoms with Crippen LogP contribution in [0.4, 0.5) is 0 Å². The Bertz CT molecular complexity index is 649. The van der Waals surface area contributed by atoms with Gasteiger partial charge in [-0.3, -0.25) is 0 Å². The van der Waals surface area contributed by atoms with Gasteiger partial charge in [0.05, 0.1) is 0 Å². The average Bonchev–Trinajstić information content (AvgIpc) is 3.15. The zero-order valence-electron chi connectivity index (χ0n) is 20.1. The van der Waals surface area contributed by atoms with Crippen LogP contribution in [0, 0.1) is 71.0 Å². The van der Waals surface area contributed by atoms with Crippen molar-refractivity contribution in [1.29, 1.82) is 0 Å². The second kappa shape index (κ2) is 8.02. The van der Waals surface area contributed by atoms with Crippen LogP contribution in [0.2, 0.25) is 0 Å². The molecule has 0 bridgehead atoms. The predicted molar refractivity (Wildman–Crippen MR) is 128 cm³/mol. The molecule has 1 heteroatoms. The Morgan fingerprint density at radius 3 is 1.48 bits per heavy atom. The molecular weight excluding hydrogens is 374 g/mol. The Morgan fingerprint density at radius 1 is 0.355 bits per heavy atom. The third kappa shape index (κ3) is 3.17. The molecule has 7 aliphatic carbocycles. The summed E-state index contributed by atoms with van der Waals surface area (Å²) < 4.78 is 0. The molecule has 0 aromatic carbocycles. The summed E-state index contributed by atoms with van der Waals surface area (Å²) in [4.78, 5) is 0. The lowest BCUT2D eigenvalue weighted by atomic mass is 9.45. The SMILES string of the molecule is NC1CCC(C2CC3C(CC4C5CCCCC5C5CCCC3C54)C3CCCCC23)CC1. The minimum Gasteiger partial charge on any atom is -0.328 e. The Kier molecular flexibility index (Phi) is 5.27. The van der Waals surface area contributed by atoms with Crippen molar-refractivity contribution in [3.63, 3.8) is 0 Å². The highest BCUT2D eigenvalue weighted by atomic mass is 14.7. The summed E-state index contributed by atoms with van der Waals surface area (Å²) in [6.07, 6.45) is 26.4. The first-order valence-electron chi connectivity index (χ1n) is 15.0. The van der Waals surface area contributed by atoms with Crippen LogP contribution in [-0.2, 0) is 0 Å². The van der Waals surface area contributed by atoms with Crippen molar-refractivity contribution in [2.45, 2.75) is 115 Å². The van der Waals surface area contributed by atoms with E-state index in [1.807, 2.05) is 0 Å². The van der Waals surface area contributed by atoms with Gasteiger partial charge in [0, 0.05) is 6.04 Å². The molecule has 0 aromatic heterocycles. The molecule has 2 N–H and O–H groups in total. The molecule has 11 atom stereocenters. The Balaban J connectivity index is 1.21. The summed E-state index contributed by atoms with van der Waals surface area (Å²) in [6, 6.07) is 0.520. The summed E-state index contributed by atoms with van der Waals surface area (Å²) in [6.45, 7) is 0. The van der Waals surface area contributed by atoms with Crippen LogP contribution in [0.3, 0.4) is 0 Å². The van der Waals surface area contributed by atoms with Crippen LogP contribution in [0.5, 0.6) is 0 Å². The minimum absolute atomic E-state index is 0.520. The standard InChI is InChI=1S/C30H49N/c31-19-14-12-18(13-15-19)26-16-28-25-11-5-10-24-20-6-1-4-9-23(20)29(30(24)25)17-27(28)22-8-3-2-7-21(22)26/h18-30H,1-17,31H2. The van der Waals surface area contributed by atoms with Gasteiger partial charge in [-0.1, -0.05) is 32.1 Å². The molecule has 0 amide bonds. The molecule has 7 fully saturated rings. The molecule has 0 spiro atoms. The molecule has 0 aromatic rings. The lowest BCUT2D eigenvalue weighted by molar-refractivity contribution is -0.110. The molecule has 1 nitrogen and oxygen atoms in total. The van der Waals surface area contributed by atoms with Crippen LogP contribution >= 0.6 is 0 Å². The van der Waals surface area contributed by atoms with Gasteiger partial charge in [-0.15, -0.1) is 0 Å². The Labute approximate surface area is 192 Å². The van der Waals surface area contributed by atoms with E-state index in [4.69, 9.17) is 5.73 Å². The molecule has 0 aliphatic heterocycles. The van der Waals surface area contributed by atoms with Gasteiger partial charge in [0.15, 0.2) is 0 Å². The first-order valence-corrected chi connectivity index (χ1v) is 15.0. The van der Waals surface area contributed by atoms with E-state index in [-0.39, 0.29) is 0 Å². The van der Waals surface area contributed by atoms with Crippen molar-refractivity contribution < 1.29 is 0 Å². The predicted octanol–water partition coefficient (Wildman–Crippen LogP) is 7.44. The summed E-state index contributed by atoms with van der Waals surface area (Å²) in [5.74, 6) is 13.6. The van der Waals surface area contributed by atoms with E-state index in [2.05, 4.69) is 0 Å². The van der Waals surface area contributed by atoms with Crippen molar-refractivity contribution >= 4 is 0 Å². The van der Waals surface area contributed by atoms with Crippen LogP contribution in [-0.4, -0.2) is 6.04 Å². The molecule has 7 saturated carbocycles. The Morgan fingerprint density at radius 2 is 0.806 bits per heavy atom. The van der Waals surface area contributed by atoms with Crippen LogP contribution in [0.1, 0.15) is 109 Å². The molecule has 11 unspecified atom stereocenters. The number of rotatable bonds is 1. The molecule has 7 rings (SSSR count). The molecule has 0 saturated heterocycles. The van der Waals surface area contributed by atoms with E-state index in [0.29, 0.717) is 6.04 Å². The molecule has 7 aliphatic rings. The quantitative estimate of drug-likeness (QED) is 0.466. The fourth-order valence-corrected chi connectivity index (χ4v) is 12.3. The van der Waals surface area contributed by atoms with Gasteiger partial charge in [-0.25, -0.2) is 0 Å². The van der Waals surface area contributed by atoms with Gasteiger partial charge in [0.1, 0.15) is 0 Å². The lowest BCUT2D eigenvalue weighted by Crippen LogP contribution is -2.53. The highest BCUT2D eigenvalue weighted by molar-refractivity contribution is 5.10. The number of fused-ring (bicyclic) bond motifs is 7. The maximum absolute atomic E-state index is 6.35. The lowest BCUT2D eigenvalue weighted by Gasteiger charge is -2.60. The number of hydrogen-bond donors (Lipinski definition) is 1. The fourth-order valence-electron chi connectivity index (χ4n) is 12.3. The van der Waals surface area contributed by atoms with Crippen LogP contribution in [0.25, 0.3) is 0 Å². The van der Waals surface area contributed by atoms with Crippen molar-refractivity contribution in [3.8, 4) is 0 Å². The molecule has 31 heavy (non-hydrogen) atoms. The van der Waals surface area contributed by atoms with Gasteiger partial charge < -0.3 is 5.73 Å². The van der Waals surface area contributed by atoms with E-state index < -0.39 is 0 Å². The highest BCUT2D eigenvalue weighted by Gasteiger charge is 2.61. The molecule has 0 radical (unpaired) electrons. The third-order valence-electron chi connectivity index (χ3n) is 13.1. The van der Waals surface area contributed by atoms with E-state index in [0.717, 1.165) is 65.1 Å². The van der Waals surface area contributed by atoms with Crippen LogP contribution < -0.4 is 5.73 Å². The fraction of sp³-hybridized carbons (Fsp3) is 1.00. The highest BCUT2D eigenvalue weighted by Crippen LogP contribution is 2.69. The largest absolute Gasteiger partial charge is 0.328 e. The maximum atomic E-state index is 6.35. The van der Waals surface area contributed by atoms with Gasteiger partial charge >= 0.3 is 0 Å². The zero-order valence-corrected chi connectivity index (χ0v) is 20.1. The van der Waals surface area contributed by atoms with Gasteiger partial charge in [0.2, 0.25) is 0 Å². The van der Waals surface area contributed by atoms with Gasteiger partial charge in [-0.05, 0) is 148 Å². The van der Waals surface area contributed by atoms with Crippen molar-refractivity contribution in [2.24, 2.45) is 76.7 Å². The second-order valence-corrected chi connectivity index (χ2v) is 13.9. The van der Waals surface area contributed by atoms with E-state index in [9.17, 15) is 0 Å². The summed E-state index contributed by atoms with van der Waals surface area (Å²) >= 11 is 0. The smallest absolute Gasteiger partial charge is 0.00390 e. The maximum Gasteiger partial charge on any atom is 0.00390 e. The summed E-state index contributed by atoms with van der Waals surface area (Å²) in [5.41, 5.74) is 6.35. The molecule has 0 heterocycles. The van der Waals surface area contributed by atoms with E-state index in [1.54, 1.807) is 83.5 Å². The van der Waals surface area contributed by atoms with E-state index >= 15 is 0 Å². The molecule has 174 valence electrons. The van der Waals surface area contributed by atoms with Crippen LogP contribution in [0.15, 0.2) is 0 Å². The zero-order chi connectivity index (χ0) is 20.5. The monoisotopic (exact) mass is 423 g/mol. The average molecular weight is 424 g/mol. The number of nitrogens with two attached hydrogens (primary N) is 1.